The number of nitrogens with one attached hydrogen (secondary N) is 1. The van der Waals surface area contributed by atoms with Crippen LogP contribution in [-0.4, -0.2) is 11.0 Å². The highest BCUT2D eigenvalue weighted by molar-refractivity contribution is 5.54. The van der Waals surface area contributed by atoms with Crippen LogP contribution in [0.25, 0.3) is 0 Å². The van der Waals surface area contributed by atoms with Crippen LogP contribution in [0.5, 0.6) is 0 Å². The monoisotopic (exact) mass is 232 g/mol. The summed E-state index contributed by atoms with van der Waals surface area (Å²) in [5.74, 6) is 1.42. The Morgan fingerprint density at radius 3 is 2.65 bits per heavy atom. The summed E-state index contributed by atoms with van der Waals surface area (Å²) in [6.45, 7) is 6.54. The van der Waals surface area contributed by atoms with E-state index in [2.05, 4.69) is 31.1 Å². The van der Waals surface area contributed by atoms with Crippen molar-refractivity contribution in [3.8, 4) is 6.07 Å². The van der Waals surface area contributed by atoms with Gasteiger partial charge in [0.15, 0.2) is 5.69 Å². The first-order chi connectivity index (χ1) is 8.02. The van der Waals surface area contributed by atoms with Gasteiger partial charge in [0, 0.05) is 6.04 Å². The zero-order valence-electron chi connectivity index (χ0n) is 10.7. The van der Waals surface area contributed by atoms with E-state index < -0.39 is 0 Å². The van der Waals surface area contributed by atoms with E-state index in [-0.39, 0.29) is 5.69 Å². The second kappa shape index (κ2) is 6.09. The highest BCUT2D eigenvalue weighted by atomic mass is 15.0. The van der Waals surface area contributed by atoms with Crippen molar-refractivity contribution < 1.29 is 0 Å². The molecule has 0 bridgehead atoms. The molecule has 1 atom stereocenters. The highest BCUT2D eigenvalue weighted by Gasteiger charge is 2.06. The van der Waals surface area contributed by atoms with Crippen molar-refractivity contribution in [3.05, 3.63) is 17.8 Å². The van der Waals surface area contributed by atoms with E-state index in [4.69, 9.17) is 11.0 Å². The second-order valence-corrected chi connectivity index (χ2v) is 4.76. The molecule has 1 unspecified atom stereocenters. The molecule has 17 heavy (non-hydrogen) atoms. The predicted octanol–water partition coefficient (Wildman–Crippen LogP) is 2.77. The quantitative estimate of drug-likeness (QED) is 0.818. The number of nitrogens with zero attached hydrogens (tertiary/aromatic N) is 2. The van der Waals surface area contributed by atoms with Crippen LogP contribution in [0, 0.1) is 17.2 Å². The third-order valence-electron chi connectivity index (χ3n) is 2.60. The Morgan fingerprint density at radius 2 is 2.06 bits per heavy atom. The molecule has 1 rings (SSSR count). The van der Waals surface area contributed by atoms with Crippen molar-refractivity contribution in [1.29, 1.82) is 5.26 Å². The normalized spacial score (nSPS) is 12.2. The summed E-state index contributed by atoms with van der Waals surface area (Å²) in [5.41, 5.74) is 6.32. The SMILES string of the molecule is CC(C)CCC(C)Nc1ccc(N)c(C#N)n1. The van der Waals surface area contributed by atoms with Gasteiger partial charge >= 0.3 is 0 Å². The molecule has 1 aromatic heterocycles. The summed E-state index contributed by atoms with van der Waals surface area (Å²) in [7, 11) is 0. The van der Waals surface area contributed by atoms with Crippen LogP contribution in [0.2, 0.25) is 0 Å². The van der Waals surface area contributed by atoms with E-state index in [1.54, 1.807) is 6.07 Å². The Kier molecular flexibility index (Phi) is 4.77. The smallest absolute Gasteiger partial charge is 0.165 e. The van der Waals surface area contributed by atoms with Crippen molar-refractivity contribution >= 4 is 11.5 Å². The van der Waals surface area contributed by atoms with Crippen LogP contribution in [0.1, 0.15) is 39.3 Å². The Bertz CT molecular complexity index is 406. The van der Waals surface area contributed by atoms with Gasteiger partial charge in [-0.15, -0.1) is 0 Å². The number of hydrogen-bond donors (Lipinski definition) is 2. The fourth-order valence-corrected chi connectivity index (χ4v) is 1.55. The maximum atomic E-state index is 8.83. The van der Waals surface area contributed by atoms with Crippen LogP contribution in [0.15, 0.2) is 12.1 Å². The van der Waals surface area contributed by atoms with Gasteiger partial charge in [-0.1, -0.05) is 13.8 Å². The molecule has 3 N–H and O–H groups in total. The summed E-state index contributed by atoms with van der Waals surface area (Å²) < 4.78 is 0. The first kappa shape index (κ1) is 13.3. The maximum absolute atomic E-state index is 8.83. The van der Waals surface area contributed by atoms with Gasteiger partial charge in [0.1, 0.15) is 11.9 Å². The third kappa shape index (κ3) is 4.31. The number of aromatic nitrogens is 1. The minimum atomic E-state index is 0.283. The number of hydrogen-bond acceptors (Lipinski definition) is 4. The number of nitrogens with two attached hydrogens (primary N) is 1. The summed E-state index contributed by atoms with van der Waals surface area (Å²) in [6.07, 6.45) is 2.26. The summed E-state index contributed by atoms with van der Waals surface area (Å²) in [6, 6.07) is 5.85. The number of rotatable bonds is 5. The molecule has 4 nitrogen and oxygen atoms in total. The van der Waals surface area contributed by atoms with Crippen molar-refractivity contribution in [1.82, 2.24) is 4.98 Å². The Balaban J connectivity index is 2.60. The number of nitriles is 1. The highest BCUT2D eigenvalue weighted by Crippen LogP contribution is 2.15. The Labute approximate surface area is 103 Å². The van der Waals surface area contributed by atoms with Crippen molar-refractivity contribution in [3.63, 3.8) is 0 Å². The molecular weight excluding hydrogens is 212 g/mol. The van der Waals surface area contributed by atoms with Gasteiger partial charge in [0.2, 0.25) is 0 Å². The minimum absolute atomic E-state index is 0.283. The lowest BCUT2D eigenvalue weighted by Crippen LogP contribution is -2.17. The van der Waals surface area contributed by atoms with Gasteiger partial charge in [-0.05, 0) is 37.8 Å². The summed E-state index contributed by atoms with van der Waals surface area (Å²) in [5, 5.41) is 12.1. The predicted molar refractivity (Wildman–Crippen MR) is 70.5 cm³/mol. The van der Waals surface area contributed by atoms with Crippen molar-refractivity contribution in [2.24, 2.45) is 5.92 Å². The van der Waals surface area contributed by atoms with Gasteiger partial charge in [-0.3, -0.25) is 0 Å². The number of pyridine rings is 1. The van der Waals surface area contributed by atoms with E-state index in [9.17, 15) is 0 Å². The van der Waals surface area contributed by atoms with E-state index >= 15 is 0 Å². The van der Waals surface area contributed by atoms with Gasteiger partial charge < -0.3 is 11.1 Å². The zero-order valence-corrected chi connectivity index (χ0v) is 10.7. The molecule has 0 aliphatic carbocycles. The lowest BCUT2D eigenvalue weighted by molar-refractivity contribution is 0.527. The average Bonchev–Trinajstić information content (AvgIpc) is 2.29. The molecule has 0 aliphatic heterocycles. The summed E-state index contributed by atoms with van der Waals surface area (Å²) in [4.78, 5) is 4.16. The van der Waals surface area contributed by atoms with Gasteiger partial charge in [-0.25, -0.2) is 4.98 Å². The summed E-state index contributed by atoms with van der Waals surface area (Å²) >= 11 is 0. The van der Waals surface area contributed by atoms with Gasteiger partial charge in [-0.2, -0.15) is 5.26 Å². The van der Waals surface area contributed by atoms with Crippen LogP contribution < -0.4 is 11.1 Å². The first-order valence-corrected chi connectivity index (χ1v) is 5.96. The number of anilines is 2. The van der Waals surface area contributed by atoms with Crippen molar-refractivity contribution in [2.75, 3.05) is 11.1 Å². The molecule has 0 amide bonds. The Morgan fingerprint density at radius 1 is 1.35 bits per heavy atom. The molecule has 1 heterocycles. The molecule has 0 fully saturated rings. The average molecular weight is 232 g/mol. The van der Waals surface area contributed by atoms with Crippen molar-refractivity contribution in [2.45, 2.75) is 39.7 Å². The van der Waals surface area contributed by atoms with Crippen LogP contribution in [-0.2, 0) is 0 Å². The van der Waals surface area contributed by atoms with Crippen LogP contribution in [0.3, 0.4) is 0 Å². The van der Waals surface area contributed by atoms with E-state index in [1.807, 2.05) is 12.1 Å². The molecular formula is C13H20N4. The lowest BCUT2D eigenvalue weighted by atomic mass is 10.0. The third-order valence-corrected chi connectivity index (χ3v) is 2.60. The van der Waals surface area contributed by atoms with Gasteiger partial charge in [0.25, 0.3) is 0 Å². The Hall–Kier alpha value is -1.76. The molecule has 4 heteroatoms. The zero-order chi connectivity index (χ0) is 12.8. The van der Waals surface area contributed by atoms with Crippen LogP contribution >= 0.6 is 0 Å². The fraction of sp³-hybridized carbons (Fsp3) is 0.538. The molecule has 0 aromatic carbocycles. The van der Waals surface area contributed by atoms with E-state index in [0.29, 0.717) is 23.5 Å². The topological polar surface area (TPSA) is 74.7 Å². The molecule has 0 radical (unpaired) electrons. The van der Waals surface area contributed by atoms with E-state index in [1.165, 1.54) is 6.42 Å². The van der Waals surface area contributed by atoms with Gasteiger partial charge in [0.05, 0.1) is 5.69 Å². The molecule has 92 valence electrons. The molecule has 1 aromatic rings. The second-order valence-electron chi connectivity index (χ2n) is 4.76. The van der Waals surface area contributed by atoms with E-state index in [0.717, 1.165) is 6.42 Å². The standard InChI is InChI=1S/C13H20N4/c1-9(2)4-5-10(3)16-13-7-6-11(15)12(8-14)17-13/h6-7,9-10H,4-5,15H2,1-3H3,(H,16,17). The molecule has 0 saturated heterocycles. The molecule has 0 saturated carbocycles. The first-order valence-electron chi connectivity index (χ1n) is 5.96. The minimum Gasteiger partial charge on any atom is -0.396 e. The number of nitrogen functional groups attached to an aromatic ring is 1. The lowest BCUT2D eigenvalue weighted by Gasteiger charge is -2.15. The molecule has 0 spiro atoms. The fourth-order valence-electron chi connectivity index (χ4n) is 1.55. The van der Waals surface area contributed by atoms with Crippen LogP contribution in [0.4, 0.5) is 11.5 Å². The largest absolute Gasteiger partial charge is 0.396 e. The molecule has 0 aliphatic rings. The maximum Gasteiger partial charge on any atom is 0.165 e.